The minimum atomic E-state index is -0.851. The lowest BCUT2D eigenvalue weighted by Gasteiger charge is -2.29. The molecule has 2 aromatic heterocycles. The van der Waals surface area contributed by atoms with Crippen LogP contribution in [-0.4, -0.2) is 85.3 Å². The van der Waals surface area contributed by atoms with Crippen molar-refractivity contribution >= 4 is 45.4 Å². The van der Waals surface area contributed by atoms with Crippen LogP contribution >= 0.6 is 11.8 Å². The lowest BCUT2D eigenvalue weighted by Crippen LogP contribution is -2.39. The van der Waals surface area contributed by atoms with Crippen LogP contribution in [0.15, 0.2) is 40.5 Å². The van der Waals surface area contributed by atoms with Gasteiger partial charge in [0.2, 0.25) is 5.95 Å². The first-order chi connectivity index (χ1) is 15.6. The zero-order valence-corrected chi connectivity index (χ0v) is 18.9. The number of aliphatic hydroxyl groups excluding tert-OH is 2. The van der Waals surface area contributed by atoms with Crippen molar-refractivity contribution in [2.24, 2.45) is 0 Å². The van der Waals surface area contributed by atoms with E-state index in [1.807, 2.05) is 4.90 Å². The first-order valence-electron chi connectivity index (χ1n) is 10.1. The van der Waals surface area contributed by atoms with Gasteiger partial charge in [0.25, 0.3) is 0 Å². The molecule has 1 aromatic carbocycles. The first-order valence-corrected chi connectivity index (χ1v) is 12.4. The van der Waals surface area contributed by atoms with E-state index in [-0.39, 0.29) is 32.1 Å². The van der Waals surface area contributed by atoms with Gasteiger partial charge in [-0.05, 0) is 24.3 Å². The SMILES string of the molecule is O=S1CCN(c2nc(N(CCO)CCO)nc3c(Sc4ccc(F)cc4)ncnc23)CC1. The number of hydrogen-bond donors (Lipinski definition) is 2. The zero-order valence-electron chi connectivity index (χ0n) is 17.2. The summed E-state index contributed by atoms with van der Waals surface area (Å²) in [6.07, 6.45) is 1.45. The number of hydrogen-bond acceptors (Lipinski definition) is 10. The second-order valence-corrected chi connectivity index (χ2v) is 9.81. The third-order valence-corrected chi connectivity index (χ3v) is 7.22. The molecule has 0 atom stereocenters. The monoisotopic (exact) mass is 478 g/mol. The largest absolute Gasteiger partial charge is 0.395 e. The lowest BCUT2D eigenvalue weighted by atomic mass is 10.3. The highest BCUT2D eigenvalue weighted by Gasteiger charge is 2.24. The Morgan fingerprint density at radius 2 is 1.72 bits per heavy atom. The van der Waals surface area contributed by atoms with Crippen molar-refractivity contribution in [1.29, 1.82) is 0 Å². The molecule has 0 spiro atoms. The predicted molar refractivity (Wildman–Crippen MR) is 122 cm³/mol. The van der Waals surface area contributed by atoms with E-state index in [4.69, 9.17) is 4.98 Å². The Hall–Kier alpha value is -2.41. The van der Waals surface area contributed by atoms with Gasteiger partial charge in [-0.2, -0.15) is 4.98 Å². The van der Waals surface area contributed by atoms with Gasteiger partial charge in [-0.1, -0.05) is 11.8 Å². The molecule has 1 fully saturated rings. The topological polar surface area (TPSA) is 116 Å². The number of aromatic nitrogens is 4. The summed E-state index contributed by atoms with van der Waals surface area (Å²) in [7, 11) is -0.851. The van der Waals surface area contributed by atoms with Crippen LogP contribution in [0.2, 0.25) is 0 Å². The summed E-state index contributed by atoms with van der Waals surface area (Å²) in [5, 5.41) is 19.5. The zero-order chi connectivity index (χ0) is 22.5. The Bertz CT molecular complexity index is 1090. The molecule has 0 unspecified atom stereocenters. The number of fused-ring (bicyclic) bond motifs is 1. The van der Waals surface area contributed by atoms with E-state index in [1.54, 1.807) is 17.0 Å². The minimum Gasteiger partial charge on any atom is -0.395 e. The molecule has 0 saturated carbocycles. The van der Waals surface area contributed by atoms with E-state index in [9.17, 15) is 18.8 Å². The number of nitrogens with zero attached hydrogens (tertiary/aromatic N) is 6. The van der Waals surface area contributed by atoms with E-state index >= 15 is 0 Å². The highest BCUT2D eigenvalue weighted by Crippen LogP contribution is 2.34. The smallest absolute Gasteiger partial charge is 0.228 e. The first kappa shape index (κ1) is 22.8. The highest BCUT2D eigenvalue weighted by atomic mass is 32.2. The maximum atomic E-state index is 13.3. The van der Waals surface area contributed by atoms with E-state index in [0.717, 1.165) is 4.90 Å². The Kier molecular flexibility index (Phi) is 7.45. The molecule has 3 aromatic rings. The third-order valence-electron chi connectivity index (χ3n) is 4.95. The Morgan fingerprint density at radius 1 is 1.03 bits per heavy atom. The molecule has 0 amide bonds. The van der Waals surface area contributed by atoms with Crippen molar-refractivity contribution in [1.82, 2.24) is 19.9 Å². The van der Waals surface area contributed by atoms with Gasteiger partial charge in [-0.25, -0.2) is 19.3 Å². The van der Waals surface area contributed by atoms with Gasteiger partial charge in [-0.3, -0.25) is 4.21 Å². The molecule has 32 heavy (non-hydrogen) atoms. The number of halogens is 1. The van der Waals surface area contributed by atoms with Crippen LogP contribution in [0.1, 0.15) is 0 Å². The van der Waals surface area contributed by atoms with Gasteiger partial charge in [0.05, 0.1) is 13.2 Å². The second kappa shape index (κ2) is 10.5. The van der Waals surface area contributed by atoms with Crippen LogP contribution in [0.3, 0.4) is 0 Å². The van der Waals surface area contributed by atoms with Crippen LogP contribution in [0.4, 0.5) is 16.2 Å². The van der Waals surface area contributed by atoms with Crippen LogP contribution < -0.4 is 9.80 Å². The summed E-state index contributed by atoms with van der Waals surface area (Å²) in [5.41, 5.74) is 1.09. The number of aliphatic hydroxyl groups is 2. The second-order valence-electron chi connectivity index (χ2n) is 7.05. The van der Waals surface area contributed by atoms with Gasteiger partial charge < -0.3 is 20.0 Å². The Morgan fingerprint density at radius 3 is 2.38 bits per heavy atom. The van der Waals surface area contributed by atoms with Crippen LogP contribution in [0.25, 0.3) is 11.0 Å². The fraction of sp³-hybridized carbons (Fsp3) is 0.400. The third kappa shape index (κ3) is 5.14. The van der Waals surface area contributed by atoms with Crippen LogP contribution in [-0.2, 0) is 10.8 Å². The molecule has 1 saturated heterocycles. The quantitative estimate of drug-likeness (QED) is 0.456. The van der Waals surface area contributed by atoms with Gasteiger partial charge in [0, 0.05) is 53.4 Å². The molecule has 3 heterocycles. The summed E-state index contributed by atoms with van der Waals surface area (Å²) in [6.45, 7) is 1.41. The summed E-state index contributed by atoms with van der Waals surface area (Å²) in [4.78, 5) is 22.8. The highest BCUT2D eigenvalue weighted by molar-refractivity contribution is 7.99. The van der Waals surface area contributed by atoms with E-state index in [1.165, 1.54) is 30.2 Å². The predicted octanol–water partition coefficient (Wildman–Crippen LogP) is 1.07. The molecule has 4 rings (SSSR count). The molecule has 0 radical (unpaired) electrons. The molecule has 12 heteroatoms. The summed E-state index contributed by atoms with van der Waals surface area (Å²) < 4.78 is 25.2. The lowest BCUT2D eigenvalue weighted by molar-refractivity contribution is 0.280. The summed E-state index contributed by atoms with van der Waals surface area (Å²) in [5.74, 6) is 1.71. The molecule has 2 N–H and O–H groups in total. The average Bonchev–Trinajstić information content (AvgIpc) is 2.80. The standard InChI is InChI=1S/C20H23FN6O3S2/c21-14-1-3-15(4-2-14)31-19-17-16(22-13-23-19)18(26-7-11-32(30)12-8-26)25-20(24-17)27(5-9-28)6-10-29/h1-4,13,28-29H,5-12H2. The molecule has 0 aliphatic carbocycles. The normalized spacial score (nSPS) is 14.8. The Balaban J connectivity index is 1.82. The van der Waals surface area contributed by atoms with E-state index < -0.39 is 10.8 Å². The maximum Gasteiger partial charge on any atom is 0.228 e. The van der Waals surface area contributed by atoms with Crippen molar-refractivity contribution in [3.8, 4) is 0 Å². The molecule has 1 aliphatic heterocycles. The molecule has 9 nitrogen and oxygen atoms in total. The fourth-order valence-corrected chi connectivity index (χ4v) is 5.24. The summed E-state index contributed by atoms with van der Waals surface area (Å²) in [6, 6.07) is 6.10. The van der Waals surface area contributed by atoms with Crippen molar-refractivity contribution < 1.29 is 18.8 Å². The van der Waals surface area contributed by atoms with Gasteiger partial charge >= 0.3 is 0 Å². The van der Waals surface area contributed by atoms with Crippen molar-refractivity contribution in [2.75, 3.05) is 60.7 Å². The van der Waals surface area contributed by atoms with Gasteiger partial charge in [0.15, 0.2) is 5.82 Å². The maximum absolute atomic E-state index is 13.3. The number of rotatable bonds is 8. The van der Waals surface area contributed by atoms with Crippen LogP contribution in [0, 0.1) is 5.82 Å². The number of anilines is 2. The van der Waals surface area contributed by atoms with E-state index in [0.29, 0.717) is 52.4 Å². The van der Waals surface area contributed by atoms with Gasteiger partial charge in [0.1, 0.15) is 28.2 Å². The molecular weight excluding hydrogens is 455 g/mol. The molecule has 1 aliphatic rings. The van der Waals surface area contributed by atoms with Crippen molar-refractivity contribution in [3.05, 3.63) is 36.4 Å². The molecule has 0 bridgehead atoms. The van der Waals surface area contributed by atoms with Crippen molar-refractivity contribution in [2.45, 2.75) is 9.92 Å². The average molecular weight is 479 g/mol. The molecular formula is C20H23FN6O3S2. The van der Waals surface area contributed by atoms with Crippen LogP contribution in [0.5, 0.6) is 0 Å². The summed E-state index contributed by atoms with van der Waals surface area (Å²) >= 11 is 1.34. The fourth-order valence-electron chi connectivity index (χ4n) is 3.35. The molecule has 170 valence electrons. The minimum absolute atomic E-state index is 0.123. The van der Waals surface area contributed by atoms with Gasteiger partial charge in [-0.15, -0.1) is 0 Å². The Labute approximate surface area is 191 Å². The number of benzene rings is 1. The van der Waals surface area contributed by atoms with Crippen molar-refractivity contribution in [3.63, 3.8) is 0 Å². The van der Waals surface area contributed by atoms with E-state index in [2.05, 4.69) is 15.0 Å².